The monoisotopic (exact) mass is 307 g/mol. The molecule has 2 aromatic carbocycles. The van der Waals surface area contributed by atoms with Crippen molar-refractivity contribution in [2.24, 2.45) is 0 Å². The van der Waals surface area contributed by atoms with Crippen molar-refractivity contribution >= 4 is 22.5 Å². The molecule has 0 unspecified atom stereocenters. The number of aromatic nitrogens is 1. The maximum Gasteiger partial charge on any atom is 0.238 e. The number of carbonyl (C=O) groups is 1. The van der Waals surface area contributed by atoms with Crippen LogP contribution in [-0.4, -0.2) is 22.5 Å². The van der Waals surface area contributed by atoms with Crippen molar-refractivity contribution in [2.75, 3.05) is 11.9 Å². The molecule has 0 radical (unpaired) electrons. The fourth-order valence-electron chi connectivity index (χ4n) is 2.37. The summed E-state index contributed by atoms with van der Waals surface area (Å²) in [7, 11) is 0. The molecule has 3 N–H and O–H groups in total. The third-order valence-corrected chi connectivity index (χ3v) is 3.50. The summed E-state index contributed by atoms with van der Waals surface area (Å²) in [6.07, 6.45) is 1.70. The predicted molar refractivity (Wildman–Crippen MR) is 90.2 cm³/mol. The van der Waals surface area contributed by atoms with Gasteiger partial charge in [0.2, 0.25) is 5.91 Å². The van der Waals surface area contributed by atoms with Gasteiger partial charge in [0.15, 0.2) is 0 Å². The predicted octanol–water partition coefficient (Wildman–Crippen LogP) is 2.67. The Morgan fingerprint density at radius 1 is 1.04 bits per heavy atom. The number of rotatable bonds is 5. The number of fused-ring (bicyclic) bond motifs is 1. The lowest BCUT2D eigenvalue weighted by atomic mass is 10.2. The number of carbonyl (C=O) groups excluding carboxylic acids is 1. The third kappa shape index (κ3) is 3.64. The number of phenolic OH excluding ortho intramolecular Hbond substituents is 1. The van der Waals surface area contributed by atoms with Crippen LogP contribution in [0, 0.1) is 0 Å². The van der Waals surface area contributed by atoms with E-state index in [0.29, 0.717) is 12.2 Å². The second-order valence-electron chi connectivity index (χ2n) is 5.16. The van der Waals surface area contributed by atoms with E-state index in [2.05, 4.69) is 15.6 Å². The summed E-state index contributed by atoms with van der Waals surface area (Å²) in [5.74, 6) is 0.0669. The van der Waals surface area contributed by atoms with Gasteiger partial charge in [-0.3, -0.25) is 9.78 Å². The van der Waals surface area contributed by atoms with Gasteiger partial charge in [0, 0.05) is 23.7 Å². The van der Waals surface area contributed by atoms with Crippen molar-refractivity contribution in [1.82, 2.24) is 10.3 Å². The summed E-state index contributed by atoms with van der Waals surface area (Å²) < 4.78 is 0. The number of nitrogens with zero attached hydrogens (tertiary/aromatic N) is 1. The lowest BCUT2D eigenvalue weighted by Gasteiger charge is -2.09. The first-order valence-corrected chi connectivity index (χ1v) is 7.35. The Hall–Kier alpha value is -2.92. The zero-order valence-electron chi connectivity index (χ0n) is 12.5. The van der Waals surface area contributed by atoms with E-state index in [9.17, 15) is 9.90 Å². The molecule has 0 spiro atoms. The molecule has 116 valence electrons. The van der Waals surface area contributed by atoms with Gasteiger partial charge in [-0.1, -0.05) is 36.4 Å². The van der Waals surface area contributed by atoms with Crippen molar-refractivity contribution in [3.63, 3.8) is 0 Å². The van der Waals surface area contributed by atoms with Crippen LogP contribution in [0.5, 0.6) is 5.75 Å². The zero-order valence-corrected chi connectivity index (χ0v) is 12.5. The minimum absolute atomic E-state index is 0.150. The minimum Gasteiger partial charge on any atom is -0.508 e. The van der Waals surface area contributed by atoms with Crippen LogP contribution in [0.4, 0.5) is 5.69 Å². The highest BCUT2D eigenvalue weighted by atomic mass is 16.3. The Balaban J connectivity index is 1.60. The number of phenols is 1. The summed E-state index contributed by atoms with van der Waals surface area (Å²) in [4.78, 5) is 16.4. The Morgan fingerprint density at radius 2 is 1.87 bits per heavy atom. The molecule has 0 aliphatic heterocycles. The number of amides is 1. The first kappa shape index (κ1) is 15.0. The van der Waals surface area contributed by atoms with E-state index < -0.39 is 0 Å². The van der Waals surface area contributed by atoms with E-state index in [-0.39, 0.29) is 18.2 Å². The molecule has 5 nitrogen and oxygen atoms in total. The first-order valence-electron chi connectivity index (χ1n) is 7.35. The molecule has 3 aromatic rings. The fraction of sp³-hybridized carbons (Fsp3) is 0.111. The maximum atomic E-state index is 12.1. The van der Waals surface area contributed by atoms with Crippen LogP contribution in [0.2, 0.25) is 0 Å². The molecule has 1 amide bonds. The Bertz CT molecular complexity index is 828. The molecule has 1 aromatic heterocycles. The number of pyridine rings is 1. The number of nitrogens with one attached hydrogen (secondary N) is 2. The van der Waals surface area contributed by atoms with Crippen molar-refractivity contribution in [3.05, 3.63) is 66.4 Å². The highest BCUT2D eigenvalue weighted by Gasteiger charge is 2.07. The second-order valence-corrected chi connectivity index (χ2v) is 5.16. The molecular formula is C18H17N3O2. The summed E-state index contributed by atoms with van der Waals surface area (Å²) >= 11 is 0. The Morgan fingerprint density at radius 3 is 2.74 bits per heavy atom. The number of hydrogen-bond donors (Lipinski definition) is 3. The highest BCUT2D eigenvalue weighted by molar-refractivity contribution is 6.00. The van der Waals surface area contributed by atoms with Gasteiger partial charge in [0.25, 0.3) is 0 Å². The summed E-state index contributed by atoms with van der Waals surface area (Å²) in [6.45, 7) is 0.575. The molecule has 0 aliphatic rings. The molecule has 0 atom stereocenters. The molecule has 0 saturated heterocycles. The quantitative estimate of drug-likeness (QED) is 0.677. The highest BCUT2D eigenvalue weighted by Crippen LogP contribution is 2.20. The van der Waals surface area contributed by atoms with E-state index in [0.717, 1.165) is 16.5 Å². The summed E-state index contributed by atoms with van der Waals surface area (Å²) in [6, 6.07) is 16.5. The van der Waals surface area contributed by atoms with E-state index in [1.807, 2.05) is 42.5 Å². The van der Waals surface area contributed by atoms with Crippen LogP contribution in [0.25, 0.3) is 10.9 Å². The van der Waals surface area contributed by atoms with Gasteiger partial charge in [0.1, 0.15) is 5.75 Å². The van der Waals surface area contributed by atoms with Gasteiger partial charge in [0.05, 0.1) is 17.7 Å². The molecular weight excluding hydrogens is 290 g/mol. The average Bonchev–Trinajstić information content (AvgIpc) is 2.57. The van der Waals surface area contributed by atoms with Gasteiger partial charge in [-0.15, -0.1) is 0 Å². The van der Waals surface area contributed by atoms with Crippen LogP contribution in [-0.2, 0) is 11.3 Å². The van der Waals surface area contributed by atoms with Crippen LogP contribution in [0.1, 0.15) is 5.56 Å². The Labute approximate surface area is 134 Å². The molecule has 3 rings (SSSR count). The van der Waals surface area contributed by atoms with Gasteiger partial charge in [-0.05, 0) is 18.2 Å². The van der Waals surface area contributed by atoms with Crippen LogP contribution in [0.3, 0.4) is 0 Å². The maximum absolute atomic E-state index is 12.1. The number of anilines is 1. The number of hydrogen-bond acceptors (Lipinski definition) is 4. The van der Waals surface area contributed by atoms with Crippen LogP contribution >= 0.6 is 0 Å². The van der Waals surface area contributed by atoms with Crippen molar-refractivity contribution < 1.29 is 9.90 Å². The first-order chi connectivity index (χ1) is 11.2. The molecule has 0 fully saturated rings. The molecule has 0 aliphatic carbocycles. The van der Waals surface area contributed by atoms with Gasteiger partial charge in [-0.2, -0.15) is 0 Å². The Kier molecular flexibility index (Phi) is 4.49. The molecule has 0 saturated carbocycles. The SMILES string of the molecule is O=C(CNCc1ccccc1O)Nc1cccc2cccnc12. The smallest absolute Gasteiger partial charge is 0.238 e. The standard InChI is InChI=1S/C18H17N3O2/c22-16-9-2-1-5-14(16)11-19-12-17(23)21-15-8-3-6-13-7-4-10-20-18(13)15/h1-10,19,22H,11-12H2,(H,21,23). The molecule has 0 bridgehead atoms. The van der Waals surface area contributed by atoms with E-state index in [4.69, 9.17) is 0 Å². The van der Waals surface area contributed by atoms with Crippen LogP contribution < -0.4 is 10.6 Å². The normalized spacial score (nSPS) is 10.6. The molecule has 1 heterocycles. The van der Waals surface area contributed by atoms with Crippen LogP contribution in [0.15, 0.2) is 60.8 Å². The number of para-hydroxylation sites is 2. The van der Waals surface area contributed by atoms with E-state index in [1.54, 1.807) is 18.3 Å². The zero-order chi connectivity index (χ0) is 16.1. The van der Waals surface area contributed by atoms with Gasteiger partial charge >= 0.3 is 0 Å². The summed E-state index contributed by atoms with van der Waals surface area (Å²) in [5, 5.41) is 16.5. The lowest BCUT2D eigenvalue weighted by Crippen LogP contribution is -2.27. The number of aromatic hydroxyl groups is 1. The fourth-order valence-corrected chi connectivity index (χ4v) is 2.37. The minimum atomic E-state index is -0.154. The third-order valence-electron chi connectivity index (χ3n) is 3.50. The van der Waals surface area contributed by atoms with E-state index >= 15 is 0 Å². The van der Waals surface area contributed by atoms with Crippen molar-refractivity contribution in [2.45, 2.75) is 6.54 Å². The van der Waals surface area contributed by atoms with Crippen molar-refractivity contribution in [1.29, 1.82) is 0 Å². The topological polar surface area (TPSA) is 74.2 Å². The van der Waals surface area contributed by atoms with Gasteiger partial charge < -0.3 is 15.7 Å². The number of benzene rings is 2. The van der Waals surface area contributed by atoms with Crippen molar-refractivity contribution in [3.8, 4) is 5.75 Å². The second kappa shape index (κ2) is 6.89. The molecule has 23 heavy (non-hydrogen) atoms. The largest absolute Gasteiger partial charge is 0.508 e. The van der Waals surface area contributed by atoms with E-state index in [1.165, 1.54) is 0 Å². The molecule has 5 heteroatoms. The summed E-state index contributed by atoms with van der Waals surface area (Å²) in [5.41, 5.74) is 2.22. The lowest BCUT2D eigenvalue weighted by molar-refractivity contribution is -0.115. The van der Waals surface area contributed by atoms with Gasteiger partial charge in [-0.25, -0.2) is 0 Å². The average molecular weight is 307 g/mol.